The Balaban J connectivity index is 1.55. The molecule has 0 unspecified atom stereocenters. The summed E-state index contributed by atoms with van der Waals surface area (Å²) in [6, 6.07) is 16.3. The standard InChI is InChI=1S/C22H15Cl2NO3S/c1-13-2-4-14(5-3-13)12-25-21(26)20(29-22(25)27)11-16-7-9-19(28-16)17-10-15(23)6-8-18(17)24/h2-11H,12H2,1H3/b20-11-. The van der Waals surface area contributed by atoms with Crippen LogP contribution in [0, 0.1) is 6.92 Å². The molecule has 2 heterocycles. The number of furan rings is 1. The average Bonchev–Trinajstić information content (AvgIpc) is 3.26. The highest BCUT2D eigenvalue weighted by atomic mass is 35.5. The van der Waals surface area contributed by atoms with Gasteiger partial charge in [0, 0.05) is 16.7 Å². The Hall–Kier alpha value is -2.47. The van der Waals surface area contributed by atoms with Crippen LogP contribution in [0.5, 0.6) is 0 Å². The van der Waals surface area contributed by atoms with Crippen molar-refractivity contribution in [1.82, 2.24) is 4.90 Å². The molecule has 0 atom stereocenters. The summed E-state index contributed by atoms with van der Waals surface area (Å²) in [6.45, 7) is 2.23. The molecule has 0 saturated carbocycles. The summed E-state index contributed by atoms with van der Waals surface area (Å²) < 4.78 is 5.80. The number of thioether (sulfide) groups is 1. The van der Waals surface area contributed by atoms with Crippen molar-refractivity contribution in [2.24, 2.45) is 0 Å². The van der Waals surface area contributed by atoms with E-state index in [0.29, 0.717) is 32.0 Å². The van der Waals surface area contributed by atoms with Crippen molar-refractivity contribution in [3.8, 4) is 11.3 Å². The molecule has 29 heavy (non-hydrogen) atoms. The van der Waals surface area contributed by atoms with Gasteiger partial charge in [-0.3, -0.25) is 14.5 Å². The van der Waals surface area contributed by atoms with Gasteiger partial charge in [-0.25, -0.2) is 0 Å². The van der Waals surface area contributed by atoms with Crippen molar-refractivity contribution in [3.05, 3.63) is 86.4 Å². The fourth-order valence-electron chi connectivity index (χ4n) is 2.90. The van der Waals surface area contributed by atoms with E-state index in [2.05, 4.69) is 0 Å². The molecular weight excluding hydrogens is 429 g/mol. The van der Waals surface area contributed by atoms with Gasteiger partial charge >= 0.3 is 0 Å². The zero-order chi connectivity index (χ0) is 20.5. The molecule has 146 valence electrons. The first kappa shape index (κ1) is 19.8. The fraction of sp³-hybridized carbons (Fsp3) is 0.0909. The molecule has 0 radical (unpaired) electrons. The smallest absolute Gasteiger partial charge is 0.293 e. The maximum Gasteiger partial charge on any atom is 0.293 e. The van der Waals surface area contributed by atoms with Crippen LogP contribution in [0.25, 0.3) is 17.4 Å². The summed E-state index contributed by atoms with van der Waals surface area (Å²) in [5.74, 6) is 0.652. The maximum atomic E-state index is 12.7. The highest BCUT2D eigenvalue weighted by molar-refractivity contribution is 8.18. The van der Waals surface area contributed by atoms with Crippen LogP contribution >= 0.6 is 35.0 Å². The molecule has 7 heteroatoms. The van der Waals surface area contributed by atoms with Gasteiger partial charge in [0.25, 0.3) is 11.1 Å². The zero-order valence-electron chi connectivity index (χ0n) is 15.3. The second-order valence-electron chi connectivity index (χ2n) is 6.58. The molecule has 0 aliphatic carbocycles. The number of nitrogens with zero attached hydrogens (tertiary/aromatic N) is 1. The lowest BCUT2D eigenvalue weighted by molar-refractivity contribution is -0.123. The monoisotopic (exact) mass is 443 g/mol. The number of benzene rings is 2. The van der Waals surface area contributed by atoms with E-state index in [-0.39, 0.29) is 17.7 Å². The number of aryl methyl sites for hydroxylation is 1. The largest absolute Gasteiger partial charge is 0.457 e. The second-order valence-corrected chi connectivity index (χ2v) is 8.42. The summed E-state index contributed by atoms with van der Waals surface area (Å²) in [4.78, 5) is 26.6. The third-order valence-corrected chi connectivity index (χ3v) is 5.90. The van der Waals surface area contributed by atoms with Crippen molar-refractivity contribution in [1.29, 1.82) is 0 Å². The number of amides is 2. The van der Waals surface area contributed by atoms with E-state index in [1.54, 1.807) is 36.4 Å². The highest BCUT2D eigenvalue weighted by Gasteiger charge is 2.35. The van der Waals surface area contributed by atoms with Gasteiger partial charge in [0.2, 0.25) is 0 Å². The molecule has 0 spiro atoms. The predicted octanol–water partition coefficient (Wildman–Crippen LogP) is 6.80. The van der Waals surface area contributed by atoms with E-state index < -0.39 is 0 Å². The Labute approximate surface area is 182 Å². The predicted molar refractivity (Wildman–Crippen MR) is 117 cm³/mol. The van der Waals surface area contributed by atoms with E-state index in [4.69, 9.17) is 27.6 Å². The summed E-state index contributed by atoms with van der Waals surface area (Å²) in [5.41, 5.74) is 2.68. The van der Waals surface area contributed by atoms with Crippen molar-refractivity contribution < 1.29 is 14.0 Å². The molecule has 0 N–H and O–H groups in total. The Bertz CT molecular complexity index is 1140. The van der Waals surface area contributed by atoms with Crippen LogP contribution in [0.1, 0.15) is 16.9 Å². The van der Waals surface area contributed by atoms with E-state index in [0.717, 1.165) is 22.9 Å². The Morgan fingerprint density at radius 3 is 2.55 bits per heavy atom. The van der Waals surface area contributed by atoms with Crippen LogP contribution < -0.4 is 0 Å². The lowest BCUT2D eigenvalue weighted by atomic mass is 10.1. The molecule has 2 aromatic carbocycles. The fourth-order valence-corrected chi connectivity index (χ4v) is 4.10. The highest BCUT2D eigenvalue weighted by Crippen LogP contribution is 2.36. The summed E-state index contributed by atoms with van der Waals surface area (Å²) in [5, 5.41) is 0.750. The van der Waals surface area contributed by atoms with Gasteiger partial charge in [-0.2, -0.15) is 0 Å². The van der Waals surface area contributed by atoms with Gasteiger partial charge in [0.15, 0.2) is 0 Å². The SMILES string of the molecule is Cc1ccc(CN2C(=O)S/C(=C\c3ccc(-c4cc(Cl)ccc4Cl)o3)C2=O)cc1. The molecule has 1 aromatic heterocycles. The van der Waals surface area contributed by atoms with Crippen LogP contribution in [0.4, 0.5) is 4.79 Å². The van der Waals surface area contributed by atoms with Crippen LogP contribution in [-0.4, -0.2) is 16.0 Å². The molecule has 0 bridgehead atoms. The number of hydrogen-bond acceptors (Lipinski definition) is 4. The molecule has 1 aliphatic heterocycles. The van der Waals surface area contributed by atoms with Gasteiger partial charge in [-0.05, 0) is 54.6 Å². The van der Waals surface area contributed by atoms with E-state index >= 15 is 0 Å². The minimum Gasteiger partial charge on any atom is -0.457 e. The minimum atomic E-state index is -0.334. The van der Waals surface area contributed by atoms with Crippen molar-refractivity contribution >= 4 is 52.2 Å². The molecule has 4 rings (SSSR count). The first-order valence-corrected chi connectivity index (χ1v) is 10.3. The molecule has 4 nitrogen and oxygen atoms in total. The number of imide groups is 1. The zero-order valence-corrected chi connectivity index (χ0v) is 17.6. The van der Waals surface area contributed by atoms with E-state index in [1.165, 1.54) is 4.90 Å². The van der Waals surface area contributed by atoms with E-state index in [1.807, 2.05) is 31.2 Å². The van der Waals surface area contributed by atoms with Gasteiger partial charge in [0.05, 0.1) is 16.5 Å². The van der Waals surface area contributed by atoms with Gasteiger partial charge in [-0.15, -0.1) is 0 Å². The summed E-state index contributed by atoms with van der Waals surface area (Å²) in [6.07, 6.45) is 1.57. The molecule has 2 amide bonds. The minimum absolute atomic E-state index is 0.240. The summed E-state index contributed by atoms with van der Waals surface area (Å²) in [7, 11) is 0. The van der Waals surface area contributed by atoms with Crippen molar-refractivity contribution in [3.63, 3.8) is 0 Å². The quantitative estimate of drug-likeness (QED) is 0.416. The van der Waals surface area contributed by atoms with Crippen LogP contribution in [0.15, 0.2) is 63.9 Å². The maximum absolute atomic E-state index is 12.7. The number of hydrogen-bond donors (Lipinski definition) is 0. The Kier molecular flexibility index (Phi) is 5.54. The number of halogens is 2. The normalized spacial score (nSPS) is 15.6. The van der Waals surface area contributed by atoms with Crippen LogP contribution in [0.2, 0.25) is 10.0 Å². The Morgan fingerprint density at radius 1 is 1.03 bits per heavy atom. The third kappa shape index (κ3) is 4.27. The average molecular weight is 444 g/mol. The lowest BCUT2D eigenvalue weighted by Gasteiger charge is -2.12. The summed E-state index contributed by atoms with van der Waals surface area (Å²) >= 11 is 13.1. The number of rotatable bonds is 4. The number of carbonyl (C=O) groups excluding carboxylic acids is 2. The lowest BCUT2D eigenvalue weighted by Crippen LogP contribution is -2.27. The van der Waals surface area contributed by atoms with Gasteiger partial charge in [0.1, 0.15) is 11.5 Å². The molecule has 1 fully saturated rings. The third-order valence-electron chi connectivity index (χ3n) is 4.43. The topological polar surface area (TPSA) is 50.5 Å². The van der Waals surface area contributed by atoms with Gasteiger partial charge in [-0.1, -0.05) is 53.0 Å². The van der Waals surface area contributed by atoms with Crippen molar-refractivity contribution in [2.45, 2.75) is 13.5 Å². The number of carbonyl (C=O) groups is 2. The first-order chi connectivity index (χ1) is 13.9. The molecule has 1 aliphatic rings. The second kappa shape index (κ2) is 8.11. The van der Waals surface area contributed by atoms with Crippen LogP contribution in [0.3, 0.4) is 0 Å². The van der Waals surface area contributed by atoms with Crippen LogP contribution in [-0.2, 0) is 11.3 Å². The van der Waals surface area contributed by atoms with Crippen molar-refractivity contribution in [2.75, 3.05) is 0 Å². The Morgan fingerprint density at radius 2 is 1.79 bits per heavy atom. The van der Waals surface area contributed by atoms with E-state index in [9.17, 15) is 9.59 Å². The first-order valence-electron chi connectivity index (χ1n) is 8.77. The van der Waals surface area contributed by atoms with Gasteiger partial charge < -0.3 is 4.42 Å². The molecular formula is C22H15Cl2NO3S. The molecule has 3 aromatic rings. The molecule has 1 saturated heterocycles.